The van der Waals surface area contributed by atoms with Gasteiger partial charge in [-0.2, -0.15) is 0 Å². The van der Waals surface area contributed by atoms with Crippen molar-refractivity contribution < 1.29 is 10.2 Å². The summed E-state index contributed by atoms with van der Waals surface area (Å²) in [5.74, 6) is -0.251. The summed E-state index contributed by atoms with van der Waals surface area (Å²) >= 11 is 0. The lowest BCUT2D eigenvalue weighted by atomic mass is 10.1. The Labute approximate surface area is 74.8 Å². The number of rotatable bonds is 2. The molecule has 5 nitrogen and oxygen atoms in total. The van der Waals surface area contributed by atoms with Gasteiger partial charge in [0.05, 0.1) is 12.1 Å². The van der Waals surface area contributed by atoms with Gasteiger partial charge < -0.3 is 15.9 Å². The molecule has 0 unspecified atom stereocenters. The largest absolute Gasteiger partial charge is 0.495 e. The van der Waals surface area contributed by atoms with Gasteiger partial charge in [0.1, 0.15) is 0 Å². The highest BCUT2D eigenvalue weighted by Gasteiger charge is 2.13. The van der Waals surface area contributed by atoms with Gasteiger partial charge in [-0.1, -0.05) is 0 Å². The third-order valence-electron chi connectivity index (χ3n) is 1.76. The van der Waals surface area contributed by atoms with E-state index in [1.807, 2.05) is 0 Å². The van der Waals surface area contributed by atoms with E-state index in [0.717, 1.165) is 0 Å². The fourth-order valence-electron chi connectivity index (χ4n) is 1.02. The van der Waals surface area contributed by atoms with Gasteiger partial charge in [-0.25, -0.2) is 0 Å². The Bertz CT molecular complexity index is 345. The fourth-order valence-corrected chi connectivity index (χ4v) is 1.02. The van der Waals surface area contributed by atoms with Crippen molar-refractivity contribution in [2.45, 2.75) is 19.1 Å². The van der Waals surface area contributed by atoms with Crippen LogP contribution in [0.5, 0.6) is 5.88 Å². The van der Waals surface area contributed by atoms with Crippen molar-refractivity contribution in [2.75, 3.05) is 0 Å². The van der Waals surface area contributed by atoms with Crippen LogP contribution in [0.15, 0.2) is 16.9 Å². The predicted octanol–water partition coefficient (Wildman–Crippen LogP) is -0.539. The van der Waals surface area contributed by atoms with E-state index in [9.17, 15) is 4.79 Å². The number of aromatic nitrogens is 1. The van der Waals surface area contributed by atoms with Crippen LogP contribution in [0.25, 0.3) is 0 Å². The lowest BCUT2D eigenvalue weighted by molar-refractivity contribution is 0.164. The van der Waals surface area contributed by atoms with Crippen LogP contribution in [-0.2, 0) is 0 Å². The lowest BCUT2D eigenvalue weighted by Crippen LogP contribution is -2.24. The Hall–Kier alpha value is -1.33. The Morgan fingerprint density at radius 1 is 1.54 bits per heavy atom. The summed E-state index contributed by atoms with van der Waals surface area (Å²) in [6.07, 6.45) is -0.763. The van der Waals surface area contributed by atoms with E-state index < -0.39 is 17.7 Å². The normalized spacial score (nSPS) is 15.3. The molecule has 13 heavy (non-hydrogen) atoms. The van der Waals surface area contributed by atoms with Crippen molar-refractivity contribution >= 4 is 0 Å². The van der Waals surface area contributed by atoms with Gasteiger partial charge in [0.2, 0.25) is 0 Å². The van der Waals surface area contributed by atoms with E-state index in [2.05, 4.69) is 4.98 Å². The summed E-state index contributed by atoms with van der Waals surface area (Å²) in [6, 6.07) is 1.91. The average Bonchev–Trinajstić information content (AvgIpc) is 2.01. The zero-order chi connectivity index (χ0) is 10.0. The van der Waals surface area contributed by atoms with Gasteiger partial charge in [0.15, 0.2) is 5.88 Å². The molecule has 0 fully saturated rings. The molecule has 1 rings (SSSR count). The molecular formula is C8H12N2O3. The number of aromatic hydroxyl groups is 1. The third kappa shape index (κ3) is 2.30. The minimum Gasteiger partial charge on any atom is -0.495 e. The highest BCUT2D eigenvalue weighted by Crippen LogP contribution is 2.14. The Kier molecular flexibility index (Phi) is 2.69. The molecule has 1 aromatic rings. The minimum atomic E-state index is -0.763. The summed E-state index contributed by atoms with van der Waals surface area (Å²) in [6.45, 7) is 1.52. The van der Waals surface area contributed by atoms with Crippen LogP contribution >= 0.6 is 0 Å². The predicted molar refractivity (Wildman–Crippen MR) is 47.3 cm³/mol. The monoisotopic (exact) mass is 184 g/mol. The molecule has 72 valence electrons. The molecule has 0 bridgehead atoms. The minimum absolute atomic E-state index is 0.251. The number of nitrogens with one attached hydrogen (secondary N) is 1. The van der Waals surface area contributed by atoms with Crippen molar-refractivity contribution in [3.8, 4) is 5.88 Å². The Morgan fingerprint density at radius 3 is 2.62 bits per heavy atom. The third-order valence-corrected chi connectivity index (χ3v) is 1.76. The first-order chi connectivity index (χ1) is 6.00. The van der Waals surface area contributed by atoms with E-state index >= 15 is 0 Å². The number of aliphatic hydroxyl groups excluding tert-OH is 1. The topological polar surface area (TPSA) is 99.3 Å². The van der Waals surface area contributed by atoms with Crippen LogP contribution in [0.4, 0.5) is 0 Å². The van der Waals surface area contributed by atoms with Crippen LogP contribution in [0.1, 0.15) is 18.5 Å². The molecule has 0 aromatic carbocycles. The second-order valence-electron chi connectivity index (χ2n) is 2.93. The highest BCUT2D eigenvalue weighted by atomic mass is 16.3. The SMILES string of the molecule is C[C@H](O)[C@H](N)c1cc(O)[nH]c(=O)c1. The first kappa shape index (κ1) is 9.76. The molecular weight excluding hydrogens is 172 g/mol. The molecule has 0 amide bonds. The van der Waals surface area contributed by atoms with E-state index in [-0.39, 0.29) is 5.88 Å². The molecule has 2 atom stereocenters. The van der Waals surface area contributed by atoms with E-state index in [1.165, 1.54) is 19.1 Å². The second kappa shape index (κ2) is 3.59. The lowest BCUT2D eigenvalue weighted by Gasteiger charge is -2.14. The number of hydrogen-bond donors (Lipinski definition) is 4. The Morgan fingerprint density at radius 2 is 2.15 bits per heavy atom. The molecule has 0 saturated heterocycles. The number of H-pyrrole nitrogens is 1. The van der Waals surface area contributed by atoms with Gasteiger partial charge in [-0.05, 0) is 12.5 Å². The molecule has 0 spiro atoms. The van der Waals surface area contributed by atoms with Crippen LogP contribution < -0.4 is 11.3 Å². The van der Waals surface area contributed by atoms with E-state index in [0.29, 0.717) is 5.56 Å². The van der Waals surface area contributed by atoms with Crippen molar-refractivity contribution in [3.05, 3.63) is 28.0 Å². The quantitative estimate of drug-likeness (QED) is 0.496. The first-order valence-electron chi connectivity index (χ1n) is 3.87. The van der Waals surface area contributed by atoms with Crippen molar-refractivity contribution in [1.29, 1.82) is 0 Å². The molecule has 0 aliphatic carbocycles. The molecule has 0 radical (unpaired) electrons. The molecule has 1 heterocycles. The van der Waals surface area contributed by atoms with Gasteiger partial charge in [-0.15, -0.1) is 0 Å². The zero-order valence-corrected chi connectivity index (χ0v) is 7.19. The number of aromatic amines is 1. The highest BCUT2D eigenvalue weighted by molar-refractivity contribution is 5.23. The standard InChI is InChI=1S/C8H12N2O3/c1-4(11)8(9)5-2-6(12)10-7(13)3-5/h2-4,8,11H,9H2,1H3,(H2,10,12,13)/t4-,8-/m0/s1. The number of nitrogens with two attached hydrogens (primary N) is 1. The maximum atomic E-state index is 10.9. The number of hydrogen-bond acceptors (Lipinski definition) is 4. The van der Waals surface area contributed by atoms with Crippen molar-refractivity contribution in [1.82, 2.24) is 4.98 Å². The fraction of sp³-hybridized carbons (Fsp3) is 0.375. The summed E-state index contributed by atoms with van der Waals surface area (Å²) in [5, 5.41) is 18.2. The molecule has 0 aliphatic heterocycles. The van der Waals surface area contributed by atoms with Gasteiger partial charge >= 0.3 is 0 Å². The van der Waals surface area contributed by atoms with Crippen LogP contribution in [0, 0.1) is 0 Å². The summed E-state index contributed by atoms with van der Waals surface area (Å²) in [7, 11) is 0. The number of pyridine rings is 1. The summed E-state index contributed by atoms with van der Waals surface area (Å²) in [4.78, 5) is 13.1. The first-order valence-corrected chi connectivity index (χ1v) is 3.87. The molecule has 1 aromatic heterocycles. The van der Waals surface area contributed by atoms with Crippen LogP contribution in [-0.4, -0.2) is 21.3 Å². The average molecular weight is 184 g/mol. The summed E-state index contributed by atoms with van der Waals surface area (Å²) < 4.78 is 0. The van der Waals surface area contributed by atoms with E-state index in [4.69, 9.17) is 15.9 Å². The smallest absolute Gasteiger partial charge is 0.251 e. The Balaban J connectivity index is 3.08. The maximum absolute atomic E-state index is 10.9. The van der Waals surface area contributed by atoms with Gasteiger partial charge in [0.25, 0.3) is 5.56 Å². The van der Waals surface area contributed by atoms with Gasteiger partial charge in [0, 0.05) is 12.1 Å². The van der Waals surface area contributed by atoms with Crippen LogP contribution in [0.2, 0.25) is 0 Å². The number of aliphatic hydroxyl groups is 1. The maximum Gasteiger partial charge on any atom is 0.251 e. The molecule has 5 N–H and O–H groups in total. The summed E-state index contributed by atoms with van der Waals surface area (Å²) in [5.41, 5.74) is 5.54. The zero-order valence-electron chi connectivity index (χ0n) is 7.19. The molecule has 0 aliphatic rings. The van der Waals surface area contributed by atoms with E-state index in [1.54, 1.807) is 0 Å². The second-order valence-corrected chi connectivity index (χ2v) is 2.93. The molecule has 0 saturated carbocycles. The van der Waals surface area contributed by atoms with Crippen molar-refractivity contribution in [2.24, 2.45) is 5.73 Å². The van der Waals surface area contributed by atoms with Crippen LogP contribution in [0.3, 0.4) is 0 Å². The van der Waals surface area contributed by atoms with Crippen molar-refractivity contribution in [3.63, 3.8) is 0 Å². The molecule has 5 heteroatoms. The van der Waals surface area contributed by atoms with Gasteiger partial charge in [-0.3, -0.25) is 9.78 Å².